The fraction of sp³-hybridized carbons (Fsp3) is 0.857. The first-order valence-electron chi connectivity index (χ1n) is 3.86. The zero-order chi connectivity index (χ0) is 8.43. The highest BCUT2D eigenvalue weighted by Crippen LogP contribution is 2.05. The van der Waals surface area contributed by atoms with Crippen molar-refractivity contribution in [3.63, 3.8) is 0 Å². The van der Waals surface area contributed by atoms with Gasteiger partial charge < -0.3 is 11.1 Å². The Labute approximate surface area is 66.7 Å². The van der Waals surface area contributed by atoms with Gasteiger partial charge in [-0.15, -0.1) is 0 Å². The van der Waals surface area contributed by atoms with Crippen LogP contribution in [0.3, 0.4) is 0 Å². The molecule has 1 aliphatic heterocycles. The molecule has 11 heavy (non-hydrogen) atoms. The van der Waals surface area contributed by atoms with Crippen molar-refractivity contribution < 1.29 is 4.79 Å². The van der Waals surface area contributed by atoms with E-state index >= 15 is 0 Å². The van der Waals surface area contributed by atoms with Crippen molar-refractivity contribution in [2.45, 2.75) is 19.0 Å². The fourth-order valence-electron chi connectivity index (χ4n) is 1.56. The van der Waals surface area contributed by atoms with Crippen LogP contribution in [0.15, 0.2) is 0 Å². The molecule has 4 nitrogen and oxygen atoms in total. The van der Waals surface area contributed by atoms with E-state index in [1.54, 1.807) is 0 Å². The number of likely N-dealkylation sites (N-methyl/N-ethyl adjacent to an activating group) is 1. The van der Waals surface area contributed by atoms with Crippen molar-refractivity contribution in [1.82, 2.24) is 10.2 Å². The van der Waals surface area contributed by atoms with E-state index in [9.17, 15) is 4.79 Å². The number of hydrogen-bond acceptors (Lipinski definition) is 3. The SMILES string of the molecule is CC1NCCN(C)C1C(N)=O. The van der Waals surface area contributed by atoms with Crippen LogP contribution in [0.5, 0.6) is 0 Å². The van der Waals surface area contributed by atoms with Gasteiger partial charge in [-0.05, 0) is 14.0 Å². The number of carbonyl (C=O) groups is 1. The number of nitrogens with two attached hydrogens (primary N) is 1. The summed E-state index contributed by atoms with van der Waals surface area (Å²) >= 11 is 0. The molecule has 2 unspecified atom stereocenters. The molecule has 0 aromatic carbocycles. The van der Waals surface area contributed by atoms with Crippen LogP contribution < -0.4 is 11.1 Å². The van der Waals surface area contributed by atoms with Crippen molar-refractivity contribution in [2.75, 3.05) is 20.1 Å². The van der Waals surface area contributed by atoms with Crippen LogP contribution in [0.2, 0.25) is 0 Å². The largest absolute Gasteiger partial charge is 0.368 e. The van der Waals surface area contributed by atoms with Crippen LogP contribution in [0.25, 0.3) is 0 Å². The number of amides is 1. The highest BCUT2D eigenvalue weighted by molar-refractivity contribution is 5.80. The standard InChI is InChI=1S/C7H15N3O/c1-5-6(7(8)11)10(2)4-3-9-5/h5-6,9H,3-4H2,1-2H3,(H2,8,11). The molecule has 0 saturated carbocycles. The molecule has 0 bridgehead atoms. The zero-order valence-corrected chi connectivity index (χ0v) is 7.00. The average molecular weight is 157 g/mol. The van der Waals surface area contributed by atoms with Gasteiger partial charge in [-0.3, -0.25) is 9.69 Å². The highest BCUT2D eigenvalue weighted by atomic mass is 16.1. The van der Waals surface area contributed by atoms with Gasteiger partial charge in [-0.1, -0.05) is 0 Å². The van der Waals surface area contributed by atoms with E-state index < -0.39 is 0 Å². The molecule has 1 fully saturated rings. The number of piperazine rings is 1. The maximum atomic E-state index is 10.9. The Balaban J connectivity index is 2.62. The minimum Gasteiger partial charge on any atom is -0.368 e. The van der Waals surface area contributed by atoms with Gasteiger partial charge in [0, 0.05) is 19.1 Å². The maximum absolute atomic E-state index is 10.9. The van der Waals surface area contributed by atoms with E-state index in [0.717, 1.165) is 13.1 Å². The maximum Gasteiger partial charge on any atom is 0.236 e. The summed E-state index contributed by atoms with van der Waals surface area (Å²) in [5.74, 6) is -0.243. The van der Waals surface area contributed by atoms with E-state index in [2.05, 4.69) is 5.32 Å². The quantitative estimate of drug-likeness (QED) is 0.501. The normalized spacial score (nSPS) is 33.6. The Kier molecular flexibility index (Phi) is 2.46. The number of nitrogens with zero attached hydrogens (tertiary/aromatic N) is 1. The van der Waals surface area contributed by atoms with Crippen molar-refractivity contribution in [3.8, 4) is 0 Å². The Hall–Kier alpha value is -0.610. The third-order valence-electron chi connectivity index (χ3n) is 2.17. The van der Waals surface area contributed by atoms with Crippen molar-refractivity contribution in [2.24, 2.45) is 5.73 Å². The lowest BCUT2D eigenvalue weighted by molar-refractivity contribution is -0.124. The average Bonchev–Trinajstić information content (AvgIpc) is 1.85. The van der Waals surface area contributed by atoms with Crippen LogP contribution in [0, 0.1) is 0 Å². The van der Waals surface area contributed by atoms with E-state index in [1.807, 2.05) is 18.9 Å². The summed E-state index contributed by atoms with van der Waals surface area (Å²) in [4.78, 5) is 12.9. The Morgan fingerprint density at radius 1 is 1.73 bits per heavy atom. The minimum absolute atomic E-state index is 0.149. The molecule has 1 aliphatic rings. The summed E-state index contributed by atoms with van der Waals surface area (Å²) < 4.78 is 0. The summed E-state index contributed by atoms with van der Waals surface area (Å²) in [6.45, 7) is 3.80. The Morgan fingerprint density at radius 2 is 2.36 bits per heavy atom. The van der Waals surface area contributed by atoms with Gasteiger partial charge in [0.05, 0.1) is 0 Å². The number of carbonyl (C=O) groups excluding carboxylic acids is 1. The van der Waals surface area contributed by atoms with Crippen molar-refractivity contribution >= 4 is 5.91 Å². The first kappa shape index (κ1) is 8.49. The van der Waals surface area contributed by atoms with E-state index in [-0.39, 0.29) is 18.0 Å². The summed E-state index contributed by atoms with van der Waals surface area (Å²) in [6, 6.07) is 0.0231. The highest BCUT2D eigenvalue weighted by Gasteiger charge is 2.29. The first-order chi connectivity index (χ1) is 5.13. The molecule has 4 heteroatoms. The molecule has 64 valence electrons. The topological polar surface area (TPSA) is 58.4 Å². The molecule has 0 spiro atoms. The third-order valence-corrected chi connectivity index (χ3v) is 2.17. The molecule has 1 saturated heterocycles. The lowest BCUT2D eigenvalue weighted by Crippen LogP contribution is -2.60. The van der Waals surface area contributed by atoms with Crippen LogP contribution >= 0.6 is 0 Å². The molecule has 0 radical (unpaired) electrons. The van der Waals surface area contributed by atoms with Gasteiger partial charge in [0.1, 0.15) is 6.04 Å². The van der Waals surface area contributed by atoms with Crippen LogP contribution in [0.1, 0.15) is 6.92 Å². The van der Waals surface area contributed by atoms with Crippen molar-refractivity contribution in [3.05, 3.63) is 0 Å². The monoisotopic (exact) mass is 157 g/mol. The first-order valence-corrected chi connectivity index (χ1v) is 3.86. The van der Waals surface area contributed by atoms with Crippen molar-refractivity contribution in [1.29, 1.82) is 0 Å². The third kappa shape index (κ3) is 1.70. The molecular formula is C7H15N3O. The van der Waals surface area contributed by atoms with E-state index in [4.69, 9.17) is 5.73 Å². The second-order valence-electron chi connectivity index (χ2n) is 3.07. The lowest BCUT2D eigenvalue weighted by atomic mass is 10.1. The van der Waals surface area contributed by atoms with Gasteiger partial charge in [0.15, 0.2) is 0 Å². The molecule has 0 aliphatic carbocycles. The van der Waals surface area contributed by atoms with Crippen LogP contribution in [-0.4, -0.2) is 43.0 Å². The molecule has 0 aromatic rings. The summed E-state index contributed by atoms with van der Waals surface area (Å²) in [6.07, 6.45) is 0. The summed E-state index contributed by atoms with van der Waals surface area (Å²) in [5.41, 5.74) is 5.23. The number of nitrogens with one attached hydrogen (secondary N) is 1. The minimum atomic E-state index is -0.243. The molecule has 3 N–H and O–H groups in total. The zero-order valence-electron chi connectivity index (χ0n) is 7.00. The molecule has 1 heterocycles. The number of rotatable bonds is 1. The number of primary amides is 1. The predicted molar refractivity (Wildman–Crippen MR) is 43.1 cm³/mol. The van der Waals surface area contributed by atoms with Gasteiger partial charge in [-0.2, -0.15) is 0 Å². The van der Waals surface area contributed by atoms with Crippen LogP contribution in [0.4, 0.5) is 0 Å². The van der Waals surface area contributed by atoms with Gasteiger partial charge in [0.2, 0.25) is 5.91 Å². The predicted octanol–water partition coefficient (Wildman–Crippen LogP) is -1.24. The summed E-state index contributed by atoms with van der Waals surface area (Å²) in [7, 11) is 1.92. The van der Waals surface area contributed by atoms with Crippen LogP contribution in [-0.2, 0) is 4.79 Å². The second-order valence-corrected chi connectivity index (χ2v) is 3.07. The summed E-state index contributed by atoms with van der Waals surface area (Å²) in [5, 5.41) is 3.20. The Bertz CT molecular complexity index is 150. The van der Waals surface area contributed by atoms with Gasteiger partial charge in [-0.25, -0.2) is 0 Å². The molecule has 1 rings (SSSR count). The molecule has 0 aromatic heterocycles. The van der Waals surface area contributed by atoms with E-state index in [1.165, 1.54) is 0 Å². The molecular weight excluding hydrogens is 142 g/mol. The van der Waals surface area contributed by atoms with E-state index in [0.29, 0.717) is 0 Å². The molecule has 1 amide bonds. The smallest absolute Gasteiger partial charge is 0.236 e. The van der Waals surface area contributed by atoms with Gasteiger partial charge in [0.25, 0.3) is 0 Å². The van der Waals surface area contributed by atoms with Gasteiger partial charge >= 0.3 is 0 Å². The fourth-order valence-corrected chi connectivity index (χ4v) is 1.56. The number of hydrogen-bond donors (Lipinski definition) is 2. The molecule has 2 atom stereocenters. The Morgan fingerprint density at radius 3 is 2.73 bits per heavy atom. The second kappa shape index (κ2) is 3.19. The lowest BCUT2D eigenvalue weighted by Gasteiger charge is -2.35.